The molecule has 0 aliphatic carbocycles. The van der Waals surface area contributed by atoms with Gasteiger partial charge >= 0.3 is 15.2 Å². The van der Waals surface area contributed by atoms with Crippen molar-refractivity contribution in [2.45, 2.75) is 35.9 Å². The van der Waals surface area contributed by atoms with E-state index in [0.717, 1.165) is 0 Å². The average molecular weight is 338 g/mol. The first-order chi connectivity index (χ1) is 8.91. The van der Waals surface area contributed by atoms with E-state index in [4.69, 9.17) is 29.4 Å². The van der Waals surface area contributed by atoms with E-state index in [1.807, 2.05) is 0 Å². The molecule has 1 aliphatic rings. The molecule has 1 heterocycles. The Morgan fingerprint density at radius 1 is 0.900 bits per heavy atom. The smallest absolute Gasteiger partial charge is 0.343 e. The van der Waals surface area contributed by atoms with Crippen LogP contribution in [-0.4, -0.2) is 82.5 Å². The fourth-order valence-corrected chi connectivity index (χ4v) is 4.78. The molecule has 1 aliphatic heterocycles. The van der Waals surface area contributed by atoms with E-state index in [-0.39, 0.29) is 0 Å². The molecule has 0 spiro atoms. The van der Waals surface area contributed by atoms with Crippen LogP contribution in [0.15, 0.2) is 0 Å². The molecule has 8 N–H and O–H groups in total. The van der Waals surface area contributed by atoms with Crippen LogP contribution >= 0.6 is 15.2 Å². The van der Waals surface area contributed by atoms with Gasteiger partial charge in [0.05, 0.1) is 6.61 Å². The van der Waals surface area contributed by atoms with E-state index in [1.54, 1.807) is 0 Å². The maximum atomic E-state index is 11.2. The van der Waals surface area contributed by atoms with E-state index in [0.29, 0.717) is 0 Å². The monoisotopic (exact) mass is 338 g/mol. The van der Waals surface area contributed by atoms with E-state index in [9.17, 15) is 24.4 Å². The number of rotatable bonds is 4. The highest BCUT2D eigenvalue weighted by atomic mass is 31.2. The molecule has 1 rings (SSSR count). The van der Waals surface area contributed by atoms with Crippen LogP contribution in [0.25, 0.3) is 0 Å². The summed E-state index contributed by atoms with van der Waals surface area (Å²) in [4.78, 5) is 36.1. The summed E-state index contributed by atoms with van der Waals surface area (Å²) in [5.41, 5.74) is 0. The Kier molecular flexibility index (Phi) is 5.51. The lowest BCUT2D eigenvalue weighted by Crippen LogP contribution is -2.61. The zero-order valence-electron chi connectivity index (χ0n) is 9.87. The molecule has 11 nitrogen and oxygen atoms in total. The molecule has 0 bridgehead atoms. The largest absolute Gasteiger partial charge is 0.394 e. The first-order valence-electron chi connectivity index (χ1n) is 5.32. The van der Waals surface area contributed by atoms with E-state index >= 15 is 0 Å². The molecule has 1 unspecified atom stereocenters. The van der Waals surface area contributed by atoms with Crippen molar-refractivity contribution in [1.82, 2.24) is 0 Å². The molecule has 5 atom stereocenters. The third kappa shape index (κ3) is 3.65. The minimum atomic E-state index is -5.41. The zero-order valence-corrected chi connectivity index (χ0v) is 11.7. The Hall–Kier alpha value is 0.1000. The van der Waals surface area contributed by atoms with Crippen LogP contribution in [0.3, 0.4) is 0 Å². The van der Waals surface area contributed by atoms with Crippen molar-refractivity contribution >= 4 is 15.2 Å². The molecule has 0 aromatic heterocycles. The topological polar surface area (TPSA) is 205 Å². The fourth-order valence-electron chi connectivity index (χ4n) is 1.96. The summed E-state index contributed by atoms with van der Waals surface area (Å²) >= 11 is 0. The first-order valence-corrected chi connectivity index (χ1v) is 8.68. The van der Waals surface area contributed by atoms with Crippen molar-refractivity contribution in [3.05, 3.63) is 0 Å². The molecule has 0 amide bonds. The van der Waals surface area contributed by atoms with Gasteiger partial charge in [-0.2, -0.15) is 0 Å². The number of aliphatic hydroxyl groups is 4. The molecule has 0 aromatic rings. The van der Waals surface area contributed by atoms with Crippen LogP contribution in [0, 0.1) is 0 Å². The van der Waals surface area contributed by atoms with Gasteiger partial charge in [-0.05, 0) is 0 Å². The highest BCUT2D eigenvalue weighted by Crippen LogP contribution is 2.62. The molecule has 120 valence electrons. The quantitative estimate of drug-likeness (QED) is 0.236. The van der Waals surface area contributed by atoms with Gasteiger partial charge in [0.1, 0.15) is 30.5 Å². The van der Waals surface area contributed by atoms with Crippen LogP contribution < -0.4 is 0 Å². The second kappa shape index (κ2) is 6.07. The number of hydrogen-bond acceptors (Lipinski definition) is 7. The second-order valence-corrected chi connectivity index (χ2v) is 8.26. The Bertz CT molecular complexity index is 404. The van der Waals surface area contributed by atoms with Gasteiger partial charge in [-0.15, -0.1) is 0 Å². The predicted molar refractivity (Wildman–Crippen MR) is 61.6 cm³/mol. The van der Waals surface area contributed by atoms with Crippen LogP contribution in [0.1, 0.15) is 0 Å². The van der Waals surface area contributed by atoms with Gasteiger partial charge in [0.25, 0.3) is 0 Å². The molecule has 0 aromatic carbocycles. The molecule has 13 heteroatoms. The zero-order chi connectivity index (χ0) is 15.9. The third-order valence-electron chi connectivity index (χ3n) is 2.91. The Morgan fingerprint density at radius 3 is 1.70 bits per heavy atom. The van der Waals surface area contributed by atoms with E-state index in [2.05, 4.69) is 0 Å². The maximum absolute atomic E-state index is 11.2. The summed E-state index contributed by atoms with van der Waals surface area (Å²) < 4.78 is 27.2. The van der Waals surface area contributed by atoms with Crippen molar-refractivity contribution in [3.8, 4) is 0 Å². The predicted octanol–water partition coefficient (Wildman–Crippen LogP) is -3.49. The van der Waals surface area contributed by atoms with Gasteiger partial charge in [-0.1, -0.05) is 0 Å². The highest BCUT2D eigenvalue weighted by Gasteiger charge is 2.57. The minimum absolute atomic E-state index is 0.892. The highest BCUT2D eigenvalue weighted by molar-refractivity contribution is 7.71. The third-order valence-corrected chi connectivity index (χ3v) is 6.68. The standard InChI is InChI=1S/C7H16O11P2/c8-1-2-3(9)4(10)5(11)6(18-2)7(19(12,13)14)20(15,16)17/h2-11H,1H2,(H2,12,13,14)(H2,15,16,17)/t2-,3-,4+,5+,6?/m1/s1. The summed E-state index contributed by atoms with van der Waals surface area (Å²) in [5, 5.41) is 34.7. The van der Waals surface area contributed by atoms with Crippen molar-refractivity contribution in [1.29, 1.82) is 0 Å². The second-order valence-electron chi connectivity index (χ2n) is 4.39. The van der Waals surface area contributed by atoms with Gasteiger partial charge < -0.3 is 44.7 Å². The SMILES string of the molecule is O=P(O)(O)C(C1O[C@H](CO)[C@@H](O)[C@H](O)[C@@H]1O)P(=O)(O)O. The Balaban J connectivity index is 3.20. The Morgan fingerprint density at radius 2 is 1.35 bits per heavy atom. The van der Waals surface area contributed by atoms with Crippen molar-refractivity contribution < 1.29 is 53.9 Å². The molecule has 0 radical (unpaired) electrons. The molecular formula is C7H16O11P2. The lowest BCUT2D eigenvalue weighted by molar-refractivity contribution is -0.226. The maximum Gasteiger partial charge on any atom is 0.343 e. The molecule has 20 heavy (non-hydrogen) atoms. The average Bonchev–Trinajstić information content (AvgIpc) is 2.26. The summed E-state index contributed by atoms with van der Waals surface area (Å²) in [7, 11) is -10.8. The lowest BCUT2D eigenvalue weighted by Gasteiger charge is -2.42. The van der Waals surface area contributed by atoms with Crippen LogP contribution in [0.5, 0.6) is 0 Å². The van der Waals surface area contributed by atoms with Crippen LogP contribution in [0.4, 0.5) is 0 Å². The first kappa shape index (κ1) is 18.1. The Labute approximate surface area is 112 Å². The van der Waals surface area contributed by atoms with E-state index in [1.165, 1.54) is 0 Å². The molecule has 1 saturated heterocycles. The molecule has 0 saturated carbocycles. The van der Waals surface area contributed by atoms with Gasteiger partial charge in [-0.3, -0.25) is 9.13 Å². The normalized spacial score (nSPS) is 36.4. The van der Waals surface area contributed by atoms with E-state index < -0.39 is 57.7 Å². The minimum Gasteiger partial charge on any atom is -0.394 e. The molecular weight excluding hydrogens is 322 g/mol. The van der Waals surface area contributed by atoms with Crippen LogP contribution in [-0.2, 0) is 13.9 Å². The van der Waals surface area contributed by atoms with Crippen molar-refractivity contribution in [3.63, 3.8) is 0 Å². The van der Waals surface area contributed by atoms with Crippen LogP contribution in [0.2, 0.25) is 0 Å². The number of ether oxygens (including phenoxy) is 1. The molecule has 1 fully saturated rings. The number of aliphatic hydroxyl groups excluding tert-OH is 4. The lowest BCUT2D eigenvalue weighted by atomic mass is 9.96. The summed E-state index contributed by atoms with van der Waals surface area (Å²) in [5.74, 6) is 0. The van der Waals surface area contributed by atoms with Gasteiger partial charge in [0.15, 0.2) is 5.40 Å². The number of hydrogen-bond donors (Lipinski definition) is 8. The summed E-state index contributed by atoms with van der Waals surface area (Å²) in [6.45, 7) is -0.892. The van der Waals surface area contributed by atoms with Crippen molar-refractivity contribution in [2.24, 2.45) is 0 Å². The van der Waals surface area contributed by atoms with Gasteiger partial charge in [0, 0.05) is 0 Å². The summed E-state index contributed by atoms with van der Waals surface area (Å²) in [6.07, 6.45) is -9.64. The fraction of sp³-hybridized carbons (Fsp3) is 1.00. The van der Waals surface area contributed by atoms with Crippen molar-refractivity contribution in [2.75, 3.05) is 6.61 Å². The summed E-state index contributed by atoms with van der Waals surface area (Å²) in [6, 6.07) is 0. The van der Waals surface area contributed by atoms with Gasteiger partial charge in [0.2, 0.25) is 0 Å². The van der Waals surface area contributed by atoms with Gasteiger partial charge in [-0.25, -0.2) is 0 Å².